The molecule has 0 N–H and O–H groups in total. The van der Waals surface area contributed by atoms with E-state index in [1.54, 1.807) is 0 Å². The summed E-state index contributed by atoms with van der Waals surface area (Å²) in [7, 11) is 0. The summed E-state index contributed by atoms with van der Waals surface area (Å²) in [5.41, 5.74) is 0. The highest BCUT2D eigenvalue weighted by atomic mass is 16.5. The minimum absolute atomic E-state index is 0.00583. The average Bonchev–Trinajstić information content (AvgIpc) is 2.72. The van der Waals surface area contributed by atoms with Gasteiger partial charge in [-0.15, -0.1) is 0 Å². The maximum Gasteiger partial charge on any atom is 0.310 e. The molecule has 4 nitrogen and oxygen atoms in total. The number of rotatable bonds is 3. The summed E-state index contributed by atoms with van der Waals surface area (Å²) >= 11 is 0. The highest BCUT2D eigenvalue weighted by Gasteiger charge is 2.34. The van der Waals surface area contributed by atoms with Crippen LogP contribution in [0.15, 0.2) is 0 Å². The number of hydrogen-bond donors (Lipinski definition) is 0. The van der Waals surface area contributed by atoms with Gasteiger partial charge in [0.1, 0.15) is 0 Å². The first-order chi connectivity index (χ1) is 9.76. The van der Waals surface area contributed by atoms with Crippen molar-refractivity contribution in [2.45, 2.75) is 57.9 Å². The molecule has 0 bridgehead atoms. The van der Waals surface area contributed by atoms with Gasteiger partial charge in [0.25, 0.3) is 0 Å². The van der Waals surface area contributed by atoms with Crippen molar-refractivity contribution in [3.63, 3.8) is 0 Å². The third-order valence-corrected chi connectivity index (χ3v) is 4.69. The van der Waals surface area contributed by atoms with Gasteiger partial charge < -0.3 is 4.74 Å². The molecule has 0 amide bonds. The van der Waals surface area contributed by atoms with Gasteiger partial charge in [0.15, 0.2) is 0 Å². The molecule has 2 rings (SSSR count). The van der Waals surface area contributed by atoms with E-state index >= 15 is 0 Å². The molecule has 3 atom stereocenters. The average molecular weight is 278 g/mol. The summed E-state index contributed by atoms with van der Waals surface area (Å²) in [4.78, 5) is 14.3. The van der Waals surface area contributed by atoms with Crippen molar-refractivity contribution >= 4 is 5.97 Å². The quantitative estimate of drug-likeness (QED) is 0.588. The molecule has 2 aliphatic rings. The lowest BCUT2D eigenvalue weighted by Gasteiger charge is -2.38. The number of carbonyl (C=O) groups is 1. The molecule has 4 heteroatoms. The Kier molecular flexibility index (Phi) is 5.85. The van der Waals surface area contributed by atoms with Crippen LogP contribution >= 0.6 is 0 Å². The lowest BCUT2D eigenvalue weighted by Crippen LogP contribution is -2.47. The Bertz CT molecular complexity index is 364. The van der Waals surface area contributed by atoms with Crippen LogP contribution in [0.5, 0.6) is 0 Å². The SMILES string of the molecule is CCOC(=O)C1CCCN(C2CCCCCC2C#N)C1. The lowest BCUT2D eigenvalue weighted by molar-refractivity contribution is -0.150. The molecule has 1 saturated carbocycles. The number of nitriles is 1. The van der Waals surface area contributed by atoms with Crippen LogP contribution in [-0.4, -0.2) is 36.6 Å². The van der Waals surface area contributed by atoms with E-state index in [1.807, 2.05) is 6.92 Å². The van der Waals surface area contributed by atoms with Crippen molar-refractivity contribution in [2.24, 2.45) is 11.8 Å². The van der Waals surface area contributed by atoms with Crippen LogP contribution in [0.1, 0.15) is 51.9 Å². The van der Waals surface area contributed by atoms with Gasteiger partial charge in [0.05, 0.1) is 24.5 Å². The molecule has 0 aromatic heterocycles. The first-order valence-electron chi connectivity index (χ1n) is 8.06. The molecule has 0 aromatic rings. The minimum Gasteiger partial charge on any atom is -0.466 e. The molecular formula is C16H26N2O2. The maximum absolute atomic E-state index is 11.9. The molecule has 3 unspecified atom stereocenters. The predicted molar refractivity (Wildman–Crippen MR) is 76.9 cm³/mol. The predicted octanol–water partition coefficient (Wildman–Crippen LogP) is 2.73. The Morgan fingerprint density at radius 3 is 2.80 bits per heavy atom. The number of likely N-dealkylation sites (tertiary alicyclic amines) is 1. The second-order valence-electron chi connectivity index (χ2n) is 6.03. The number of piperidine rings is 1. The first-order valence-corrected chi connectivity index (χ1v) is 8.06. The molecule has 0 aromatic carbocycles. The van der Waals surface area contributed by atoms with Gasteiger partial charge in [-0.3, -0.25) is 9.69 Å². The molecule has 1 saturated heterocycles. The van der Waals surface area contributed by atoms with Crippen LogP contribution in [0.25, 0.3) is 0 Å². The fraction of sp³-hybridized carbons (Fsp3) is 0.875. The molecule has 112 valence electrons. The van der Waals surface area contributed by atoms with Crippen LogP contribution in [0.2, 0.25) is 0 Å². The second-order valence-corrected chi connectivity index (χ2v) is 6.03. The van der Waals surface area contributed by atoms with Crippen LogP contribution in [0.4, 0.5) is 0 Å². The van der Waals surface area contributed by atoms with Gasteiger partial charge in [-0.05, 0) is 39.2 Å². The van der Waals surface area contributed by atoms with Gasteiger partial charge in [0, 0.05) is 12.6 Å². The zero-order chi connectivity index (χ0) is 14.4. The molecule has 2 fully saturated rings. The highest BCUT2D eigenvalue weighted by Crippen LogP contribution is 2.30. The summed E-state index contributed by atoms with van der Waals surface area (Å²) < 4.78 is 5.16. The Balaban J connectivity index is 1.99. The fourth-order valence-electron chi connectivity index (χ4n) is 3.64. The Morgan fingerprint density at radius 1 is 1.25 bits per heavy atom. The Hall–Kier alpha value is -1.08. The molecule has 20 heavy (non-hydrogen) atoms. The summed E-state index contributed by atoms with van der Waals surface area (Å²) in [5.74, 6) is 0.0871. The zero-order valence-electron chi connectivity index (χ0n) is 12.5. The van der Waals surface area contributed by atoms with E-state index in [0.717, 1.165) is 38.8 Å². The van der Waals surface area contributed by atoms with E-state index in [2.05, 4.69) is 11.0 Å². The van der Waals surface area contributed by atoms with Gasteiger partial charge >= 0.3 is 5.97 Å². The van der Waals surface area contributed by atoms with Gasteiger partial charge in [-0.1, -0.05) is 19.3 Å². The third-order valence-electron chi connectivity index (χ3n) is 4.69. The van der Waals surface area contributed by atoms with Crippen molar-refractivity contribution in [3.05, 3.63) is 0 Å². The zero-order valence-corrected chi connectivity index (χ0v) is 12.5. The van der Waals surface area contributed by atoms with Crippen LogP contribution in [-0.2, 0) is 9.53 Å². The minimum atomic E-state index is -0.0562. The van der Waals surface area contributed by atoms with Gasteiger partial charge in [-0.25, -0.2) is 0 Å². The van der Waals surface area contributed by atoms with Crippen molar-refractivity contribution in [1.29, 1.82) is 5.26 Å². The van der Waals surface area contributed by atoms with E-state index < -0.39 is 0 Å². The number of hydrogen-bond acceptors (Lipinski definition) is 4. The summed E-state index contributed by atoms with van der Waals surface area (Å²) in [6, 6.07) is 2.85. The van der Waals surface area contributed by atoms with Crippen LogP contribution in [0.3, 0.4) is 0 Å². The Labute approximate surface area is 122 Å². The molecule has 1 heterocycles. The van der Waals surface area contributed by atoms with E-state index in [0.29, 0.717) is 12.6 Å². The van der Waals surface area contributed by atoms with Crippen molar-refractivity contribution in [1.82, 2.24) is 4.90 Å². The maximum atomic E-state index is 11.9. The summed E-state index contributed by atoms with van der Waals surface area (Å²) in [5, 5.41) is 9.41. The van der Waals surface area contributed by atoms with Gasteiger partial charge in [-0.2, -0.15) is 5.26 Å². The van der Waals surface area contributed by atoms with E-state index in [-0.39, 0.29) is 17.8 Å². The monoisotopic (exact) mass is 278 g/mol. The van der Waals surface area contributed by atoms with Crippen molar-refractivity contribution in [3.8, 4) is 6.07 Å². The number of esters is 1. The molecule has 1 aliphatic heterocycles. The smallest absolute Gasteiger partial charge is 0.310 e. The first kappa shape index (κ1) is 15.3. The van der Waals surface area contributed by atoms with Crippen molar-refractivity contribution in [2.75, 3.05) is 19.7 Å². The lowest BCUT2D eigenvalue weighted by atomic mass is 9.90. The number of ether oxygens (including phenoxy) is 1. The van der Waals surface area contributed by atoms with E-state index in [9.17, 15) is 10.1 Å². The molecule has 1 aliphatic carbocycles. The number of nitrogens with zero attached hydrogens (tertiary/aromatic N) is 2. The van der Waals surface area contributed by atoms with Crippen molar-refractivity contribution < 1.29 is 9.53 Å². The van der Waals surface area contributed by atoms with E-state index in [4.69, 9.17) is 4.74 Å². The van der Waals surface area contributed by atoms with Crippen LogP contribution in [0, 0.1) is 23.2 Å². The fourth-order valence-corrected chi connectivity index (χ4v) is 3.64. The highest BCUT2D eigenvalue weighted by molar-refractivity contribution is 5.72. The molecular weight excluding hydrogens is 252 g/mol. The number of carbonyl (C=O) groups excluding carboxylic acids is 1. The van der Waals surface area contributed by atoms with Gasteiger partial charge in [0.2, 0.25) is 0 Å². The van der Waals surface area contributed by atoms with E-state index in [1.165, 1.54) is 19.3 Å². The largest absolute Gasteiger partial charge is 0.466 e. The summed E-state index contributed by atoms with van der Waals surface area (Å²) in [6.45, 7) is 4.12. The topological polar surface area (TPSA) is 53.3 Å². The Morgan fingerprint density at radius 2 is 2.05 bits per heavy atom. The molecule has 0 spiro atoms. The second kappa shape index (κ2) is 7.64. The third kappa shape index (κ3) is 3.73. The molecule has 0 radical (unpaired) electrons. The summed E-state index contributed by atoms with van der Waals surface area (Å²) in [6.07, 6.45) is 7.71. The standard InChI is InChI=1S/C16H26N2O2/c1-2-20-16(19)14-8-6-10-18(12-14)15-9-5-3-4-7-13(15)11-17/h13-15H,2-10,12H2,1H3. The normalized spacial score (nSPS) is 32.1. The van der Waals surface area contributed by atoms with Crippen LogP contribution < -0.4 is 0 Å².